The zero-order chi connectivity index (χ0) is 15.2. The lowest BCUT2D eigenvalue weighted by Crippen LogP contribution is -2.11. The molecule has 1 N–H and O–H groups in total. The molecular formula is C16H16BrF2NS. The van der Waals surface area contributed by atoms with Gasteiger partial charge in [-0.25, -0.2) is 8.78 Å². The summed E-state index contributed by atoms with van der Waals surface area (Å²) in [5.41, 5.74) is 1.30. The molecule has 0 aliphatic heterocycles. The van der Waals surface area contributed by atoms with Crippen molar-refractivity contribution in [1.29, 1.82) is 0 Å². The molecule has 0 bridgehead atoms. The Hall–Kier alpha value is -0.910. The van der Waals surface area contributed by atoms with Crippen LogP contribution in [0.2, 0.25) is 0 Å². The van der Waals surface area contributed by atoms with Crippen molar-refractivity contribution in [1.82, 2.24) is 5.32 Å². The monoisotopic (exact) mass is 371 g/mol. The highest BCUT2D eigenvalue weighted by atomic mass is 79.9. The molecule has 0 saturated heterocycles. The highest BCUT2D eigenvalue weighted by Crippen LogP contribution is 2.29. The van der Waals surface area contributed by atoms with Crippen molar-refractivity contribution in [3.8, 4) is 0 Å². The van der Waals surface area contributed by atoms with Gasteiger partial charge < -0.3 is 5.32 Å². The van der Waals surface area contributed by atoms with E-state index in [2.05, 4.69) is 28.2 Å². The van der Waals surface area contributed by atoms with Gasteiger partial charge in [0.2, 0.25) is 0 Å². The maximum Gasteiger partial charge on any atom is 0.144 e. The summed E-state index contributed by atoms with van der Waals surface area (Å²) < 4.78 is 27.8. The maximum absolute atomic E-state index is 13.9. The molecule has 0 amide bonds. The number of hydrogen-bond donors (Lipinski definition) is 1. The van der Waals surface area contributed by atoms with Crippen molar-refractivity contribution in [3.63, 3.8) is 0 Å². The lowest BCUT2D eigenvalue weighted by molar-refractivity contribution is 0.562. The first-order valence-corrected chi connectivity index (χ1v) is 8.44. The van der Waals surface area contributed by atoms with Crippen LogP contribution < -0.4 is 5.32 Å². The Morgan fingerprint density at radius 3 is 2.48 bits per heavy atom. The highest BCUT2D eigenvalue weighted by molar-refractivity contribution is 9.10. The summed E-state index contributed by atoms with van der Waals surface area (Å²) in [6, 6.07) is 10.7. The second-order valence-electron chi connectivity index (χ2n) is 4.53. The van der Waals surface area contributed by atoms with Gasteiger partial charge in [-0.3, -0.25) is 0 Å². The number of halogens is 3. The molecule has 21 heavy (non-hydrogen) atoms. The average molecular weight is 372 g/mol. The third-order valence-corrected chi connectivity index (χ3v) is 4.68. The largest absolute Gasteiger partial charge is 0.313 e. The molecule has 2 aromatic carbocycles. The second kappa shape index (κ2) is 7.92. The topological polar surface area (TPSA) is 12.0 Å². The van der Waals surface area contributed by atoms with Gasteiger partial charge in [0.25, 0.3) is 0 Å². The number of benzene rings is 2. The summed E-state index contributed by atoms with van der Waals surface area (Å²) in [4.78, 5) is 0.994. The molecule has 0 spiro atoms. The molecule has 0 unspecified atom stereocenters. The molecule has 0 aliphatic rings. The fourth-order valence-electron chi connectivity index (χ4n) is 1.83. The zero-order valence-electron chi connectivity index (χ0n) is 11.6. The van der Waals surface area contributed by atoms with Gasteiger partial charge in [-0.1, -0.05) is 19.1 Å². The highest BCUT2D eigenvalue weighted by Gasteiger charge is 2.12. The molecule has 0 saturated carbocycles. The van der Waals surface area contributed by atoms with Crippen LogP contribution in [0.4, 0.5) is 8.78 Å². The van der Waals surface area contributed by atoms with Crippen molar-refractivity contribution < 1.29 is 8.78 Å². The van der Waals surface area contributed by atoms with E-state index in [1.165, 1.54) is 29.5 Å². The van der Waals surface area contributed by atoms with Gasteiger partial charge in [0.1, 0.15) is 11.6 Å². The van der Waals surface area contributed by atoms with Crippen LogP contribution in [-0.2, 0) is 12.3 Å². The Kier molecular flexibility index (Phi) is 6.21. The molecular weight excluding hydrogens is 356 g/mol. The predicted molar refractivity (Wildman–Crippen MR) is 87.4 cm³/mol. The first-order chi connectivity index (χ1) is 10.1. The van der Waals surface area contributed by atoms with E-state index >= 15 is 0 Å². The maximum atomic E-state index is 13.9. The number of rotatable bonds is 6. The summed E-state index contributed by atoms with van der Waals surface area (Å²) in [5, 5.41) is 3.25. The summed E-state index contributed by atoms with van der Waals surface area (Å²) in [7, 11) is 0. The summed E-state index contributed by atoms with van der Waals surface area (Å²) >= 11 is 4.50. The van der Waals surface area contributed by atoms with Crippen molar-refractivity contribution in [3.05, 3.63) is 63.6 Å². The van der Waals surface area contributed by atoms with Crippen molar-refractivity contribution in [2.24, 2.45) is 0 Å². The molecule has 112 valence electrons. The second-order valence-corrected chi connectivity index (χ2v) is 6.44. The fraction of sp³-hybridized carbons (Fsp3) is 0.250. The summed E-state index contributed by atoms with van der Waals surface area (Å²) in [6.07, 6.45) is 0. The molecule has 0 heterocycles. The van der Waals surface area contributed by atoms with E-state index in [4.69, 9.17) is 0 Å². The van der Waals surface area contributed by atoms with E-state index in [-0.39, 0.29) is 11.3 Å². The molecule has 5 heteroatoms. The molecule has 0 atom stereocenters. The van der Waals surface area contributed by atoms with E-state index < -0.39 is 11.6 Å². The Bertz CT molecular complexity index is 602. The molecule has 0 radical (unpaired) electrons. The van der Waals surface area contributed by atoms with E-state index in [1.54, 1.807) is 0 Å². The molecule has 2 rings (SSSR count). The third kappa shape index (κ3) is 4.53. The van der Waals surface area contributed by atoms with Gasteiger partial charge in [-0.15, -0.1) is 11.8 Å². The number of nitrogens with one attached hydrogen (secondary N) is 1. The lowest BCUT2D eigenvalue weighted by Gasteiger charge is -2.07. The van der Waals surface area contributed by atoms with E-state index in [1.807, 2.05) is 24.3 Å². The quantitative estimate of drug-likeness (QED) is 0.557. The molecule has 1 nitrogen and oxygen atoms in total. The van der Waals surface area contributed by atoms with Crippen LogP contribution in [-0.4, -0.2) is 6.54 Å². The minimum Gasteiger partial charge on any atom is -0.313 e. The Morgan fingerprint density at radius 2 is 1.81 bits per heavy atom. The molecule has 0 aromatic heterocycles. The average Bonchev–Trinajstić information content (AvgIpc) is 2.50. The van der Waals surface area contributed by atoms with Crippen molar-refractivity contribution in [2.45, 2.75) is 24.1 Å². The van der Waals surface area contributed by atoms with Crippen LogP contribution >= 0.6 is 27.7 Å². The van der Waals surface area contributed by atoms with E-state index in [9.17, 15) is 8.78 Å². The van der Waals surface area contributed by atoms with Crippen molar-refractivity contribution >= 4 is 27.7 Å². The molecule has 0 aliphatic carbocycles. The predicted octanol–water partition coefficient (Wildman–Crippen LogP) is 5.13. The first kappa shape index (κ1) is 16.5. The van der Waals surface area contributed by atoms with Crippen LogP contribution in [0.5, 0.6) is 0 Å². The van der Waals surface area contributed by atoms with Crippen molar-refractivity contribution in [2.75, 3.05) is 6.54 Å². The van der Waals surface area contributed by atoms with E-state index in [0.717, 1.165) is 18.0 Å². The Morgan fingerprint density at radius 1 is 1.10 bits per heavy atom. The smallest absolute Gasteiger partial charge is 0.144 e. The Balaban J connectivity index is 2.02. The van der Waals surface area contributed by atoms with Crippen LogP contribution in [0.15, 0.2) is 45.8 Å². The number of hydrogen-bond acceptors (Lipinski definition) is 2. The molecule has 0 fully saturated rings. The van der Waals surface area contributed by atoms with Gasteiger partial charge in [-0.05, 0) is 52.3 Å². The summed E-state index contributed by atoms with van der Waals surface area (Å²) in [5.74, 6) is -0.762. The zero-order valence-corrected chi connectivity index (χ0v) is 14.0. The number of thioether (sulfide) groups is 1. The van der Waals surface area contributed by atoms with Crippen LogP contribution in [0.25, 0.3) is 0 Å². The normalized spacial score (nSPS) is 10.9. The SMILES string of the molecule is CCNCc1ccc(SCc2c(F)ccc(Br)c2F)cc1. The first-order valence-electron chi connectivity index (χ1n) is 6.66. The minimum absolute atomic E-state index is 0.103. The van der Waals surface area contributed by atoms with E-state index in [0.29, 0.717) is 4.47 Å². The van der Waals surface area contributed by atoms with Crippen LogP contribution in [0.1, 0.15) is 18.1 Å². The van der Waals surface area contributed by atoms with Crippen LogP contribution in [0, 0.1) is 11.6 Å². The standard InChI is InChI=1S/C16H16BrF2NS/c1-2-20-9-11-3-5-12(6-4-11)21-10-13-15(18)8-7-14(17)16(13)19/h3-8,20H,2,9-10H2,1H3. The van der Waals surface area contributed by atoms with Gasteiger partial charge >= 0.3 is 0 Å². The lowest BCUT2D eigenvalue weighted by atomic mass is 10.2. The minimum atomic E-state index is -0.522. The third-order valence-electron chi connectivity index (χ3n) is 3.02. The van der Waals surface area contributed by atoms with Gasteiger partial charge in [-0.2, -0.15) is 0 Å². The fourth-order valence-corrected chi connectivity index (χ4v) is 3.11. The van der Waals surface area contributed by atoms with Gasteiger partial charge in [0.05, 0.1) is 4.47 Å². The summed E-state index contributed by atoms with van der Waals surface area (Å²) in [6.45, 7) is 3.82. The van der Waals surface area contributed by atoms with Gasteiger partial charge in [0.15, 0.2) is 0 Å². The molecule has 2 aromatic rings. The Labute approximate surface area is 136 Å². The van der Waals surface area contributed by atoms with Crippen LogP contribution in [0.3, 0.4) is 0 Å². The van der Waals surface area contributed by atoms with Gasteiger partial charge in [0, 0.05) is 22.8 Å².